The van der Waals surface area contributed by atoms with Crippen LogP contribution in [0.15, 0.2) is 18.2 Å². The lowest BCUT2D eigenvalue weighted by Crippen LogP contribution is -2.38. The Bertz CT molecular complexity index is 401. The Morgan fingerprint density at radius 2 is 1.89 bits per heavy atom. The third kappa shape index (κ3) is 3.27. The van der Waals surface area contributed by atoms with E-state index < -0.39 is 11.6 Å². The molecule has 1 aromatic rings. The van der Waals surface area contributed by atoms with E-state index in [1.165, 1.54) is 12.1 Å². The molecule has 2 nitrogen and oxygen atoms in total. The lowest BCUT2D eigenvalue weighted by Gasteiger charge is -2.33. The number of rotatable bonds is 3. The molecular formula is C14H20F2N2. The zero-order valence-electron chi connectivity index (χ0n) is 10.7. The number of nitrogens with two attached hydrogens (primary N) is 1. The highest BCUT2D eigenvalue weighted by atomic mass is 19.1. The van der Waals surface area contributed by atoms with Crippen molar-refractivity contribution in [2.75, 3.05) is 7.05 Å². The van der Waals surface area contributed by atoms with Gasteiger partial charge in [-0.15, -0.1) is 0 Å². The maximum Gasteiger partial charge on any atom is 0.130 e. The fourth-order valence-electron chi connectivity index (χ4n) is 2.59. The quantitative estimate of drug-likeness (QED) is 0.898. The molecule has 0 atom stereocenters. The van der Waals surface area contributed by atoms with Gasteiger partial charge in [-0.3, -0.25) is 4.90 Å². The summed E-state index contributed by atoms with van der Waals surface area (Å²) in [5.41, 5.74) is 6.42. The van der Waals surface area contributed by atoms with Crippen LogP contribution in [0.1, 0.15) is 31.2 Å². The Hall–Kier alpha value is -1.00. The normalized spacial score (nSPS) is 24.5. The van der Waals surface area contributed by atoms with Gasteiger partial charge in [-0.1, -0.05) is 6.07 Å². The van der Waals surface area contributed by atoms with Gasteiger partial charge >= 0.3 is 0 Å². The smallest absolute Gasteiger partial charge is 0.130 e. The van der Waals surface area contributed by atoms with E-state index in [2.05, 4.69) is 4.90 Å². The number of nitrogens with zero attached hydrogens (tertiary/aromatic N) is 1. The number of hydrogen-bond donors (Lipinski definition) is 1. The molecule has 4 heteroatoms. The van der Waals surface area contributed by atoms with E-state index in [9.17, 15) is 8.78 Å². The van der Waals surface area contributed by atoms with Crippen LogP contribution in [0.2, 0.25) is 0 Å². The fraction of sp³-hybridized carbons (Fsp3) is 0.571. The molecule has 0 amide bonds. The van der Waals surface area contributed by atoms with Crippen molar-refractivity contribution in [2.45, 2.75) is 44.3 Å². The van der Waals surface area contributed by atoms with Crippen LogP contribution < -0.4 is 5.73 Å². The van der Waals surface area contributed by atoms with Crippen molar-refractivity contribution in [1.82, 2.24) is 4.90 Å². The van der Waals surface area contributed by atoms with Crippen LogP contribution in [0.25, 0.3) is 0 Å². The Balaban J connectivity index is 1.96. The molecule has 0 bridgehead atoms. The van der Waals surface area contributed by atoms with Crippen molar-refractivity contribution in [3.8, 4) is 0 Å². The summed E-state index contributed by atoms with van der Waals surface area (Å²) in [6.07, 6.45) is 4.17. The summed E-state index contributed by atoms with van der Waals surface area (Å²) in [6, 6.07) is 4.55. The molecule has 0 aliphatic heterocycles. The van der Waals surface area contributed by atoms with E-state index in [-0.39, 0.29) is 0 Å². The molecule has 1 aromatic carbocycles. The van der Waals surface area contributed by atoms with Crippen LogP contribution in [-0.2, 0) is 6.54 Å². The monoisotopic (exact) mass is 254 g/mol. The van der Waals surface area contributed by atoms with Gasteiger partial charge in [0, 0.05) is 30.3 Å². The predicted molar refractivity (Wildman–Crippen MR) is 68.1 cm³/mol. The van der Waals surface area contributed by atoms with Gasteiger partial charge in [-0.2, -0.15) is 0 Å². The van der Waals surface area contributed by atoms with Crippen molar-refractivity contribution in [3.05, 3.63) is 35.4 Å². The molecule has 2 N–H and O–H groups in total. The van der Waals surface area contributed by atoms with E-state index in [1.54, 1.807) is 0 Å². The van der Waals surface area contributed by atoms with Crippen molar-refractivity contribution in [2.24, 2.45) is 5.73 Å². The maximum absolute atomic E-state index is 13.6. The lowest BCUT2D eigenvalue weighted by molar-refractivity contribution is 0.174. The first-order valence-corrected chi connectivity index (χ1v) is 6.46. The summed E-state index contributed by atoms with van der Waals surface area (Å²) >= 11 is 0. The van der Waals surface area contributed by atoms with Gasteiger partial charge in [0.15, 0.2) is 0 Å². The molecule has 1 aliphatic rings. The average molecular weight is 254 g/mol. The SMILES string of the molecule is CN(Cc1ccc(F)cc1F)C1CCC(N)CC1. The molecule has 0 radical (unpaired) electrons. The summed E-state index contributed by atoms with van der Waals surface area (Å²) in [5, 5.41) is 0. The summed E-state index contributed by atoms with van der Waals surface area (Å²) in [4.78, 5) is 2.14. The largest absolute Gasteiger partial charge is 0.328 e. The molecule has 0 aromatic heterocycles. The van der Waals surface area contributed by atoms with Crippen molar-refractivity contribution < 1.29 is 8.78 Å². The van der Waals surface area contributed by atoms with Crippen molar-refractivity contribution in [1.29, 1.82) is 0 Å². The molecule has 0 saturated heterocycles. The number of hydrogen-bond acceptors (Lipinski definition) is 2. The topological polar surface area (TPSA) is 29.3 Å². The van der Waals surface area contributed by atoms with Gasteiger partial charge < -0.3 is 5.73 Å². The van der Waals surface area contributed by atoms with Gasteiger partial charge in [0.25, 0.3) is 0 Å². The van der Waals surface area contributed by atoms with Crippen LogP contribution in [0.5, 0.6) is 0 Å². The highest BCUT2D eigenvalue weighted by Crippen LogP contribution is 2.23. The van der Waals surface area contributed by atoms with E-state index in [1.807, 2.05) is 7.05 Å². The Labute approximate surface area is 107 Å². The van der Waals surface area contributed by atoms with Gasteiger partial charge in [0.2, 0.25) is 0 Å². The van der Waals surface area contributed by atoms with Crippen LogP contribution in [0.4, 0.5) is 8.78 Å². The highest BCUT2D eigenvalue weighted by Gasteiger charge is 2.22. The van der Waals surface area contributed by atoms with Gasteiger partial charge in [-0.25, -0.2) is 8.78 Å². The summed E-state index contributed by atoms with van der Waals surface area (Å²) in [6.45, 7) is 0.520. The molecule has 0 spiro atoms. The number of halogens is 2. The minimum Gasteiger partial charge on any atom is -0.328 e. The van der Waals surface area contributed by atoms with Gasteiger partial charge in [0.1, 0.15) is 11.6 Å². The standard InChI is InChI=1S/C14H20F2N2/c1-18(13-6-4-12(17)5-7-13)9-10-2-3-11(15)8-14(10)16/h2-3,8,12-13H,4-7,9,17H2,1H3. The summed E-state index contributed by atoms with van der Waals surface area (Å²) < 4.78 is 26.4. The Kier molecular flexibility index (Phi) is 4.30. The van der Waals surface area contributed by atoms with Crippen LogP contribution in [0, 0.1) is 11.6 Å². The third-order valence-electron chi connectivity index (χ3n) is 3.80. The minimum atomic E-state index is -0.525. The zero-order chi connectivity index (χ0) is 13.1. The van der Waals surface area contributed by atoms with Crippen molar-refractivity contribution >= 4 is 0 Å². The van der Waals surface area contributed by atoms with Gasteiger partial charge in [-0.05, 0) is 38.8 Å². The molecule has 2 rings (SSSR count). The second kappa shape index (κ2) is 5.76. The van der Waals surface area contributed by atoms with E-state index in [4.69, 9.17) is 5.73 Å². The lowest BCUT2D eigenvalue weighted by atomic mass is 9.91. The fourth-order valence-corrected chi connectivity index (χ4v) is 2.59. The third-order valence-corrected chi connectivity index (χ3v) is 3.80. The molecule has 0 heterocycles. The zero-order valence-corrected chi connectivity index (χ0v) is 10.7. The van der Waals surface area contributed by atoms with E-state index >= 15 is 0 Å². The minimum absolute atomic E-state index is 0.317. The Morgan fingerprint density at radius 3 is 2.50 bits per heavy atom. The molecule has 1 fully saturated rings. The molecule has 18 heavy (non-hydrogen) atoms. The molecule has 1 aliphatic carbocycles. The predicted octanol–water partition coefficient (Wildman–Crippen LogP) is 2.67. The second-order valence-electron chi connectivity index (χ2n) is 5.22. The van der Waals surface area contributed by atoms with Crippen molar-refractivity contribution in [3.63, 3.8) is 0 Å². The highest BCUT2D eigenvalue weighted by molar-refractivity contribution is 5.18. The molecule has 100 valence electrons. The first-order valence-electron chi connectivity index (χ1n) is 6.46. The first kappa shape index (κ1) is 13.4. The van der Waals surface area contributed by atoms with E-state index in [0.29, 0.717) is 24.2 Å². The maximum atomic E-state index is 13.6. The number of benzene rings is 1. The van der Waals surface area contributed by atoms with Gasteiger partial charge in [0.05, 0.1) is 0 Å². The first-order chi connectivity index (χ1) is 8.56. The van der Waals surface area contributed by atoms with Crippen LogP contribution in [-0.4, -0.2) is 24.0 Å². The second-order valence-corrected chi connectivity index (χ2v) is 5.22. The van der Waals surface area contributed by atoms with Crippen LogP contribution in [0.3, 0.4) is 0 Å². The average Bonchev–Trinajstić information content (AvgIpc) is 2.33. The summed E-state index contributed by atoms with van der Waals surface area (Å²) in [7, 11) is 1.99. The Morgan fingerprint density at radius 1 is 1.22 bits per heavy atom. The molecule has 0 unspecified atom stereocenters. The molecular weight excluding hydrogens is 234 g/mol. The summed E-state index contributed by atoms with van der Waals surface area (Å²) in [5.74, 6) is -0.989. The van der Waals surface area contributed by atoms with Crippen LogP contribution >= 0.6 is 0 Å². The molecule has 1 saturated carbocycles. The van der Waals surface area contributed by atoms with E-state index in [0.717, 1.165) is 31.7 Å².